The van der Waals surface area contributed by atoms with Gasteiger partial charge in [0.15, 0.2) is 5.78 Å². The number of nitrogens with one attached hydrogen (secondary N) is 1. The van der Waals surface area contributed by atoms with Gasteiger partial charge in [-0.05, 0) is 19.4 Å². The Bertz CT molecular complexity index is 165. The number of ketones is 1. The van der Waals surface area contributed by atoms with Crippen molar-refractivity contribution in [2.75, 3.05) is 6.54 Å². The Labute approximate surface area is 60.0 Å². The highest BCUT2D eigenvalue weighted by atomic mass is 16.1. The number of carbonyl (C=O) groups is 1. The minimum absolute atomic E-state index is 0.0281. The van der Waals surface area contributed by atoms with Crippen LogP contribution in [0.2, 0.25) is 0 Å². The molecule has 0 saturated carbocycles. The first-order chi connectivity index (χ1) is 4.84. The van der Waals surface area contributed by atoms with E-state index in [4.69, 9.17) is 5.26 Å². The maximum absolute atomic E-state index is 11.0. The lowest BCUT2D eigenvalue weighted by Gasteiger charge is -2.03. The molecule has 1 rings (SSSR count). The van der Waals surface area contributed by atoms with Gasteiger partial charge in [0.2, 0.25) is 0 Å². The third-order valence-electron chi connectivity index (χ3n) is 1.70. The standard InChI is InChI=1S/C7H10N2O/c8-4-3-7(10)6-2-1-5-9-6/h6,9H,1-3,5H2. The van der Waals surface area contributed by atoms with Crippen LogP contribution in [0.1, 0.15) is 19.3 Å². The van der Waals surface area contributed by atoms with Crippen LogP contribution in [-0.4, -0.2) is 18.4 Å². The molecule has 54 valence electrons. The lowest BCUT2D eigenvalue weighted by molar-refractivity contribution is -0.119. The van der Waals surface area contributed by atoms with Crippen LogP contribution in [0, 0.1) is 11.3 Å². The van der Waals surface area contributed by atoms with E-state index in [0.29, 0.717) is 0 Å². The van der Waals surface area contributed by atoms with Crippen LogP contribution >= 0.6 is 0 Å². The van der Waals surface area contributed by atoms with Gasteiger partial charge in [0.05, 0.1) is 18.5 Å². The summed E-state index contributed by atoms with van der Waals surface area (Å²) in [5, 5.41) is 11.2. The second-order valence-corrected chi connectivity index (χ2v) is 2.45. The molecule has 0 aromatic heterocycles. The lowest BCUT2D eigenvalue weighted by atomic mass is 10.1. The molecule has 0 radical (unpaired) electrons. The second-order valence-electron chi connectivity index (χ2n) is 2.45. The van der Waals surface area contributed by atoms with Crippen molar-refractivity contribution in [3.05, 3.63) is 0 Å². The van der Waals surface area contributed by atoms with E-state index >= 15 is 0 Å². The van der Waals surface area contributed by atoms with E-state index in [1.54, 1.807) is 0 Å². The first kappa shape index (κ1) is 7.23. The maximum atomic E-state index is 11.0. The number of nitriles is 1. The topological polar surface area (TPSA) is 52.9 Å². The quantitative estimate of drug-likeness (QED) is 0.594. The Morgan fingerprint density at radius 2 is 2.60 bits per heavy atom. The van der Waals surface area contributed by atoms with Crippen molar-refractivity contribution in [1.82, 2.24) is 5.32 Å². The molecule has 1 aliphatic heterocycles. The molecule has 1 N–H and O–H groups in total. The van der Waals surface area contributed by atoms with Gasteiger partial charge in [-0.1, -0.05) is 0 Å². The Balaban J connectivity index is 2.34. The van der Waals surface area contributed by atoms with Gasteiger partial charge in [-0.25, -0.2) is 0 Å². The Morgan fingerprint density at radius 3 is 3.10 bits per heavy atom. The van der Waals surface area contributed by atoms with E-state index in [1.165, 1.54) is 0 Å². The molecule has 3 heteroatoms. The third kappa shape index (κ3) is 1.55. The lowest BCUT2D eigenvalue weighted by Crippen LogP contribution is -2.30. The van der Waals surface area contributed by atoms with Crippen molar-refractivity contribution in [1.29, 1.82) is 5.26 Å². The van der Waals surface area contributed by atoms with Gasteiger partial charge in [0.1, 0.15) is 0 Å². The molecular weight excluding hydrogens is 128 g/mol. The summed E-state index contributed by atoms with van der Waals surface area (Å²) in [5.74, 6) is 0.0417. The molecule has 3 nitrogen and oxygen atoms in total. The Morgan fingerprint density at radius 1 is 1.80 bits per heavy atom. The van der Waals surface area contributed by atoms with Gasteiger partial charge < -0.3 is 5.32 Å². The minimum atomic E-state index is -0.0281. The molecule has 1 unspecified atom stereocenters. The van der Waals surface area contributed by atoms with Crippen molar-refractivity contribution in [2.24, 2.45) is 0 Å². The van der Waals surface area contributed by atoms with Gasteiger partial charge in [0.25, 0.3) is 0 Å². The van der Waals surface area contributed by atoms with E-state index in [0.717, 1.165) is 19.4 Å². The monoisotopic (exact) mass is 138 g/mol. The molecular formula is C7H10N2O. The zero-order valence-electron chi connectivity index (χ0n) is 5.76. The highest BCUT2D eigenvalue weighted by molar-refractivity contribution is 5.85. The van der Waals surface area contributed by atoms with Crippen LogP contribution in [0.25, 0.3) is 0 Å². The maximum Gasteiger partial charge on any atom is 0.163 e. The molecule has 0 aromatic rings. The highest BCUT2D eigenvalue weighted by Gasteiger charge is 2.20. The number of carbonyl (C=O) groups excluding carboxylic acids is 1. The normalized spacial score (nSPS) is 24.1. The number of Topliss-reactive ketones (excluding diaryl/α,β-unsaturated/α-hetero) is 1. The summed E-state index contributed by atoms with van der Waals surface area (Å²) in [7, 11) is 0. The van der Waals surface area contributed by atoms with E-state index in [1.807, 2.05) is 6.07 Å². The SMILES string of the molecule is N#CCC(=O)C1CCCN1. The van der Waals surface area contributed by atoms with Gasteiger partial charge in [0, 0.05) is 0 Å². The largest absolute Gasteiger partial charge is 0.307 e. The molecule has 1 heterocycles. The van der Waals surface area contributed by atoms with Crippen LogP contribution in [0.4, 0.5) is 0 Å². The molecule has 0 spiro atoms. The van der Waals surface area contributed by atoms with Crippen molar-refractivity contribution in [2.45, 2.75) is 25.3 Å². The van der Waals surface area contributed by atoms with Gasteiger partial charge in [-0.15, -0.1) is 0 Å². The number of nitrogens with zero attached hydrogens (tertiary/aromatic N) is 1. The molecule has 0 amide bonds. The average molecular weight is 138 g/mol. The summed E-state index contributed by atoms with van der Waals surface area (Å²) < 4.78 is 0. The predicted molar refractivity (Wildman–Crippen MR) is 36.3 cm³/mol. The van der Waals surface area contributed by atoms with Crippen LogP contribution in [0.15, 0.2) is 0 Å². The highest BCUT2D eigenvalue weighted by Crippen LogP contribution is 2.06. The fourth-order valence-electron chi connectivity index (χ4n) is 1.16. The zero-order chi connectivity index (χ0) is 7.40. The summed E-state index contributed by atoms with van der Waals surface area (Å²) >= 11 is 0. The van der Waals surface area contributed by atoms with Gasteiger partial charge in [-0.2, -0.15) is 5.26 Å². The molecule has 0 aliphatic carbocycles. The van der Waals surface area contributed by atoms with E-state index < -0.39 is 0 Å². The van der Waals surface area contributed by atoms with Crippen LogP contribution < -0.4 is 5.32 Å². The zero-order valence-corrected chi connectivity index (χ0v) is 5.76. The van der Waals surface area contributed by atoms with Crippen molar-refractivity contribution in [3.8, 4) is 6.07 Å². The third-order valence-corrected chi connectivity index (χ3v) is 1.70. The summed E-state index contributed by atoms with van der Waals surface area (Å²) in [5.41, 5.74) is 0. The smallest absolute Gasteiger partial charge is 0.163 e. The summed E-state index contributed by atoms with van der Waals surface area (Å²) in [6.07, 6.45) is 2.01. The number of rotatable bonds is 2. The molecule has 1 fully saturated rings. The molecule has 0 aromatic carbocycles. The van der Waals surface area contributed by atoms with E-state index in [2.05, 4.69) is 5.32 Å². The number of hydrogen-bond donors (Lipinski definition) is 1. The summed E-state index contributed by atoms with van der Waals surface area (Å²) in [6, 6.07) is 1.83. The van der Waals surface area contributed by atoms with E-state index in [9.17, 15) is 4.79 Å². The van der Waals surface area contributed by atoms with Crippen molar-refractivity contribution >= 4 is 5.78 Å². The average Bonchev–Trinajstić information content (AvgIpc) is 2.38. The number of hydrogen-bond acceptors (Lipinski definition) is 3. The molecule has 1 aliphatic rings. The van der Waals surface area contributed by atoms with Crippen LogP contribution in [0.3, 0.4) is 0 Å². The van der Waals surface area contributed by atoms with E-state index in [-0.39, 0.29) is 18.2 Å². The van der Waals surface area contributed by atoms with Gasteiger partial charge >= 0.3 is 0 Å². The molecule has 1 atom stereocenters. The summed E-state index contributed by atoms with van der Waals surface area (Å²) in [4.78, 5) is 11.0. The Hall–Kier alpha value is -0.880. The molecule has 10 heavy (non-hydrogen) atoms. The minimum Gasteiger partial charge on any atom is -0.307 e. The first-order valence-electron chi connectivity index (χ1n) is 3.47. The predicted octanol–water partition coefficient (Wildman–Crippen LogP) is 0.221. The Kier molecular flexibility index (Phi) is 2.41. The fraction of sp³-hybridized carbons (Fsp3) is 0.714. The van der Waals surface area contributed by atoms with Crippen molar-refractivity contribution in [3.63, 3.8) is 0 Å². The molecule has 1 saturated heterocycles. The molecule has 0 bridgehead atoms. The fourth-order valence-corrected chi connectivity index (χ4v) is 1.16. The summed E-state index contributed by atoms with van der Waals surface area (Å²) in [6.45, 7) is 0.918. The van der Waals surface area contributed by atoms with Crippen molar-refractivity contribution < 1.29 is 4.79 Å². The van der Waals surface area contributed by atoms with Gasteiger partial charge in [-0.3, -0.25) is 4.79 Å². The van der Waals surface area contributed by atoms with Crippen LogP contribution in [-0.2, 0) is 4.79 Å². The first-order valence-corrected chi connectivity index (χ1v) is 3.47. The van der Waals surface area contributed by atoms with Crippen LogP contribution in [0.5, 0.6) is 0 Å². The second kappa shape index (κ2) is 3.33.